The lowest BCUT2D eigenvalue weighted by atomic mass is 10.2. The van der Waals surface area contributed by atoms with Gasteiger partial charge in [0, 0.05) is 17.3 Å². The zero-order chi connectivity index (χ0) is 20.0. The Morgan fingerprint density at radius 3 is 2.75 bits per heavy atom. The second kappa shape index (κ2) is 7.57. The van der Waals surface area contributed by atoms with Crippen LogP contribution >= 0.6 is 34.4 Å². The minimum absolute atomic E-state index is 0.0862. The molecule has 1 aliphatic carbocycles. The van der Waals surface area contributed by atoms with Gasteiger partial charge in [0.15, 0.2) is 4.34 Å². The number of rotatable bonds is 6. The number of aryl methyl sites for hydroxylation is 2. The van der Waals surface area contributed by atoms with E-state index in [1.165, 1.54) is 23.1 Å². The summed E-state index contributed by atoms with van der Waals surface area (Å²) in [7, 11) is 0. The number of H-pyrrole nitrogens is 1. The summed E-state index contributed by atoms with van der Waals surface area (Å²) in [6.45, 7) is 7.81. The average Bonchev–Trinajstić information content (AvgIpc) is 3.31. The van der Waals surface area contributed by atoms with Gasteiger partial charge in [-0.05, 0) is 39.2 Å². The van der Waals surface area contributed by atoms with Crippen LogP contribution in [0, 0.1) is 13.8 Å². The van der Waals surface area contributed by atoms with Crippen molar-refractivity contribution in [2.75, 3.05) is 4.90 Å². The summed E-state index contributed by atoms with van der Waals surface area (Å²) in [5, 5.41) is 9.74. The van der Waals surface area contributed by atoms with E-state index in [9.17, 15) is 9.59 Å². The average molecular weight is 436 g/mol. The highest BCUT2D eigenvalue weighted by Gasteiger charge is 2.35. The second-order valence-corrected chi connectivity index (χ2v) is 10.6. The first-order valence-electron chi connectivity index (χ1n) is 9.21. The first-order chi connectivity index (χ1) is 13.4. The zero-order valence-corrected chi connectivity index (χ0v) is 18.6. The van der Waals surface area contributed by atoms with Crippen molar-refractivity contribution in [1.29, 1.82) is 0 Å². The quantitative estimate of drug-likeness (QED) is 0.461. The number of thiophene rings is 1. The molecule has 1 amide bonds. The van der Waals surface area contributed by atoms with Gasteiger partial charge in [-0.25, -0.2) is 4.98 Å². The predicted octanol–water partition coefficient (Wildman–Crippen LogP) is 4.21. The van der Waals surface area contributed by atoms with Crippen molar-refractivity contribution in [2.24, 2.45) is 0 Å². The standard InChI is InChI=1S/C18H21N5O2S3/c1-5-12(24)23(11-6-7-11)17-21-22-18(28-17)27-10(4)14-19-15(25)13-8(2)9(3)26-16(13)20-14/h10-11H,5-7H2,1-4H3,(H,19,20,25)/t10-/m0/s1. The molecular formula is C18H21N5O2S3. The summed E-state index contributed by atoms with van der Waals surface area (Å²) >= 11 is 4.46. The van der Waals surface area contributed by atoms with E-state index in [1.54, 1.807) is 16.2 Å². The topological polar surface area (TPSA) is 91.8 Å². The molecule has 1 aliphatic rings. The molecule has 3 heterocycles. The third-order valence-electron chi connectivity index (χ3n) is 4.81. The molecule has 3 aromatic heterocycles. The highest BCUT2D eigenvalue weighted by molar-refractivity contribution is 8.01. The van der Waals surface area contributed by atoms with Crippen LogP contribution in [-0.4, -0.2) is 32.1 Å². The van der Waals surface area contributed by atoms with Gasteiger partial charge in [-0.3, -0.25) is 14.5 Å². The van der Waals surface area contributed by atoms with Crippen LogP contribution in [0.2, 0.25) is 0 Å². The minimum Gasteiger partial charge on any atom is -0.309 e. The minimum atomic E-state index is -0.0966. The first-order valence-corrected chi connectivity index (χ1v) is 11.7. The van der Waals surface area contributed by atoms with E-state index in [2.05, 4.69) is 20.2 Å². The van der Waals surface area contributed by atoms with Gasteiger partial charge in [0.1, 0.15) is 10.7 Å². The lowest BCUT2D eigenvalue weighted by Crippen LogP contribution is -2.32. The molecule has 0 bridgehead atoms. The van der Waals surface area contributed by atoms with Crippen molar-refractivity contribution in [2.45, 2.75) is 62.6 Å². The van der Waals surface area contributed by atoms with Crippen molar-refractivity contribution in [3.8, 4) is 0 Å². The lowest BCUT2D eigenvalue weighted by molar-refractivity contribution is -0.118. The fourth-order valence-corrected chi connectivity index (χ4v) is 6.16. The normalized spacial score (nSPS) is 15.1. The summed E-state index contributed by atoms with van der Waals surface area (Å²) in [6, 6.07) is 0.265. The molecule has 1 saturated carbocycles. The molecule has 4 rings (SSSR count). The van der Waals surface area contributed by atoms with Gasteiger partial charge in [0.25, 0.3) is 5.56 Å². The Morgan fingerprint density at radius 2 is 2.07 bits per heavy atom. The molecule has 0 saturated heterocycles. The lowest BCUT2D eigenvalue weighted by Gasteiger charge is -2.17. The van der Waals surface area contributed by atoms with E-state index in [-0.39, 0.29) is 22.8 Å². The number of aromatic nitrogens is 4. The Kier molecular flexibility index (Phi) is 5.28. The smallest absolute Gasteiger partial charge is 0.259 e. The summed E-state index contributed by atoms with van der Waals surface area (Å²) in [4.78, 5) is 36.0. The molecule has 28 heavy (non-hydrogen) atoms. The molecule has 0 unspecified atom stereocenters. The van der Waals surface area contributed by atoms with Crippen molar-refractivity contribution in [1.82, 2.24) is 20.2 Å². The molecular weight excluding hydrogens is 414 g/mol. The Hall–Kier alpha value is -1.78. The molecule has 10 heteroatoms. The Balaban J connectivity index is 1.57. The fourth-order valence-electron chi connectivity index (χ4n) is 2.99. The molecule has 0 aromatic carbocycles. The molecule has 1 fully saturated rings. The zero-order valence-electron chi connectivity index (χ0n) is 16.1. The molecule has 0 spiro atoms. The van der Waals surface area contributed by atoms with Gasteiger partial charge in [-0.2, -0.15) is 0 Å². The van der Waals surface area contributed by atoms with Gasteiger partial charge < -0.3 is 4.98 Å². The van der Waals surface area contributed by atoms with Crippen LogP contribution in [-0.2, 0) is 4.79 Å². The summed E-state index contributed by atoms with van der Waals surface area (Å²) in [6.07, 6.45) is 2.50. The van der Waals surface area contributed by atoms with Gasteiger partial charge in [0.05, 0.1) is 10.6 Å². The Labute approximate surface area is 174 Å². The number of amides is 1. The number of hydrogen-bond donors (Lipinski definition) is 1. The van der Waals surface area contributed by atoms with Crippen LogP contribution < -0.4 is 10.5 Å². The number of nitrogens with one attached hydrogen (secondary N) is 1. The van der Waals surface area contributed by atoms with Crippen molar-refractivity contribution < 1.29 is 4.79 Å². The molecule has 148 valence electrons. The fraction of sp³-hybridized carbons (Fsp3) is 0.500. The third kappa shape index (κ3) is 3.60. The molecule has 1 atom stereocenters. The molecule has 7 nitrogen and oxygen atoms in total. The Bertz CT molecular complexity index is 1100. The number of aromatic amines is 1. The summed E-state index contributed by atoms with van der Waals surface area (Å²) in [5.41, 5.74) is 0.899. The first kappa shape index (κ1) is 19.5. The highest BCUT2D eigenvalue weighted by atomic mass is 32.2. The molecule has 3 aromatic rings. The molecule has 0 radical (unpaired) electrons. The SMILES string of the molecule is CCC(=O)N(c1nnc(S[C@@H](C)c2nc3sc(C)c(C)c3c(=O)[nH]2)s1)C1CC1. The summed E-state index contributed by atoms with van der Waals surface area (Å²) < 4.78 is 0.762. The monoisotopic (exact) mass is 435 g/mol. The van der Waals surface area contributed by atoms with Crippen LogP contribution in [0.1, 0.15) is 54.6 Å². The van der Waals surface area contributed by atoms with Crippen molar-refractivity contribution in [3.63, 3.8) is 0 Å². The summed E-state index contributed by atoms with van der Waals surface area (Å²) in [5.74, 6) is 0.715. The van der Waals surface area contributed by atoms with Gasteiger partial charge in [0.2, 0.25) is 11.0 Å². The van der Waals surface area contributed by atoms with E-state index in [1.807, 2.05) is 27.7 Å². The van der Waals surface area contributed by atoms with Crippen LogP contribution in [0.3, 0.4) is 0 Å². The number of thioether (sulfide) groups is 1. The number of nitrogens with zero attached hydrogens (tertiary/aromatic N) is 4. The van der Waals surface area contributed by atoms with Gasteiger partial charge in [-0.1, -0.05) is 30.0 Å². The largest absolute Gasteiger partial charge is 0.309 e. The van der Waals surface area contributed by atoms with Crippen LogP contribution in [0.15, 0.2) is 9.13 Å². The number of carbonyl (C=O) groups excluding carboxylic acids is 1. The highest BCUT2D eigenvalue weighted by Crippen LogP contribution is 2.40. The van der Waals surface area contributed by atoms with Crippen molar-refractivity contribution >= 4 is 55.7 Å². The van der Waals surface area contributed by atoms with Gasteiger partial charge >= 0.3 is 0 Å². The van der Waals surface area contributed by atoms with Crippen LogP contribution in [0.25, 0.3) is 10.2 Å². The maximum Gasteiger partial charge on any atom is 0.259 e. The van der Waals surface area contributed by atoms with Crippen molar-refractivity contribution in [3.05, 3.63) is 26.6 Å². The van der Waals surface area contributed by atoms with E-state index in [4.69, 9.17) is 0 Å². The van der Waals surface area contributed by atoms with Crippen LogP contribution in [0.5, 0.6) is 0 Å². The number of fused-ring (bicyclic) bond motifs is 1. The van der Waals surface area contributed by atoms with Crippen LogP contribution in [0.4, 0.5) is 5.13 Å². The van der Waals surface area contributed by atoms with Gasteiger partial charge in [-0.15, -0.1) is 21.5 Å². The second-order valence-electron chi connectivity index (χ2n) is 6.87. The maximum atomic E-state index is 12.5. The Morgan fingerprint density at radius 1 is 1.32 bits per heavy atom. The van der Waals surface area contributed by atoms with E-state index in [0.717, 1.165) is 32.5 Å². The third-order valence-corrected chi connectivity index (χ3v) is 8.02. The molecule has 0 aliphatic heterocycles. The maximum absolute atomic E-state index is 12.5. The predicted molar refractivity (Wildman–Crippen MR) is 115 cm³/mol. The van der Waals surface area contributed by atoms with E-state index in [0.29, 0.717) is 22.8 Å². The number of hydrogen-bond acceptors (Lipinski definition) is 8. The van der Waals surface area contributed by atoms with E-state index < -0.39 is 0 Å². The molecule has 1 N–H and O–H groups in total. The van der Waals surface area contributed by atoms with E-state index >= 15 is 0 Å². The number of anilines is 1. The number of carbonyl (C=O) groups is 1.